The molecular weight excluding hydrogens is 636 g/mol. The molecule has 1 saturated heterocycles. The second-order valence-corrected chi connectivity index (χ2v) is 14.0. The Bertz CT molecular complexity index is 1770. The van der Waals surface area contributed by atoms with Crippen LogP contribution in [0, 0.1) is 17.2 Å². The number of hydrogen-bond donors (Lipinski definition) is 2. The minimum Gasteiger partial charge on any atom is -0.371 e. The Balaban J connectivity index is 1.50. The molecule has 2 amide bonds. The first-order chi connectivity index (χ1) is 21.2. The van der Waals surface area contributed by atoms with E-state index in [-0.39, 0.29) is 23.4 Å². The second-order valence-electron chi connectivity index (χ2n) is 12.8. The van der Waals surface area contributed by atoms with Gasteiger partial charge in [0, 0.05) is 49.2 Å². The maximum absolute atomic E-state index is 13.8. The van der Waals surface area contributed by atoms with E-state index < -0.39 is 11.2 Å². The largest absolute Gasteiger partial charge is 0.371 e. The van der Waals surface area contributed by atoms with Crippen molar-refractivity contribution in [3.05, 3.63) is 85.9 Å². The van der Waals surface area contributed by atoms with Crippen LogP contribution in [0.2, 0.25) is 15.1 Å². The Morgan fingerprint density at radius 3 is 2.40 bits per heavy atom. The van der Waals surface area contributed by atoms with Crippen LogP contribution in [0.25, 0.3) is 11.0 Å². The van der Waals surface area contributed by atoms with Crippen molar-refractivity contribution in [2.75, 3.05) is 23.3 Å². The van der Waals surface area contributed by atoms with Gasteiger partial charge >= 0.3 is 0 Å². The van der Waals surface area contributed by atoms with Gasteiger partial charge in [-0.2, -0.15) is 0 Å². The number of benzene rings is 3. The molecule has 7 nitrogen and oxygen atoms in total. The highest BCUT2D eigenvalue weighted by Gasteiger charge is 2.25. The van der Waals surface area contributed by atoms with Crippen LogP contribution < -0.4 is 15.5 Å². The molecule has 1 aromatic heterocycles. The highest BCUT2D eigenvalue weighted by molar-refractivity contribution is 6.36. The second kappa shape index (κ2) is 13.2. The van der Waals surface area contributed by atoms with E-state index in [1.54, 1.807) is 12.1 Å². The molecule has 11 heteroatoms. The molecule has 0 bridgehead atoms. The van der Waals surface area contributed by atoms with Crippen LogP contribution in [0.1, 0.15) is 67.8 Å². The average molecular weight is 673 g/mol. The van der Waals surface area contributed by atoms with Crippen LogP contribution >= 0.6 is 34.8 Å². The summed E-state index contributed by atoms with van der Waals surface area (Å²) < 4.78 is 15.8. The zero-order chi connectivity index (χ0) is 32.6. The summed E-state index contributed by atoms with van der Waals surface area (Å²) in [6.07, 6.45) is 2.38. The first-order valence-electron chi connectivity index (χ1n) is 15.0. The summed E-state index contributed by atoms with van der Waals surface area (Å²) in [6, 6.07) is 11.5. The van der Waals surface area contributed by atoms with Crippen molar-refractivity contribution in [1.82, 2.24) is 14.9 Å². The Morgan fingerprint density at radius 2 is 1.73 bits per heavy atom. The molecule has 5 rings (SSSR count). The number of aryl methyl sites for hydroxylation is 1. The normalized spacial score (nSPS) is 14.2. The number of piperidine rings is 1. The number of nitrogens with one attached hydrogen (secondary N) is 2. The summed E-state index contributed by atoms with van der Waals surface area (Å²) in [4.78, 5) is 33.3. The van der Waals surface area contributed by atoms with Crippen LogP contribution in [0.3, 0.4) is 0 Å². The van der Waals surface area contributed by atoms with Crippen molar-refractivity contribution in [2.24, 2.45) is 18.4 Å². The van der Waals surface area contributed by atoms with Crippen molar-refractivity contribution < 1.29 is 14.0 Å². The zero-order valence-electron chi connectivity index (χ0n) is 26.0. The van der Waals surface area contributed by atoms with Crippen molar-refractivity contribution in [2.45, 2.75) is 53.5 Å². The zero-order valence-corrected chi connectivity index (χ0v) is 28.3. The van der Waals surface area contributed by atoms with Gasteiger partial charge in [-0.25, -0.2) is 9.37 Å². The number of carbonyl (C=O) groups excluding carboxylic acids is 2. The molecule has 45 heavy (non-hydrogen) atoms. The number of anilines is 2. The average Bonchev–Trinajstić information content (AvgIpc) is 3.29. The fraction of sp³-hybridized carbons (Fsp3) is 0.382. The van der Waals surface area contributed by atoms with E-state index >= 15 is 0 Å². The number of aromatic nitrogens is 2. The van der Waals surface area contributed by atoms with Crippen LogP contribution in [0.4, 0.5) is 15.8 Å². The van der Waals surface area contributed by atoms with Crippen LogP contribution in [-0.4, -0.2) is 34.5 Å². The van der Waals surface area contributed by atoms with Gasteiger partial charge in [-0.1, -0.05) is 68.6 Å². The molecule has 1 aliphatic heterocycles. The molecule has 0 radical (unpaired) electrons. The summed E-state index contributed by atoms with van der Waals surface area (Å²) in [5.74, 6) is 0.355. The van der Waals surface area contributed by atoms with Gasteiger partial charge in [-0.05, 0) is 66.3 Å². The third kappa shape index (κ3) is 7.24. The number of nitrogens with zero attached hydrogens (tertiary/aromatic N) is 3. The lowest BCUT2D eigenvalue weighted by atomic mass is 9.95. The monoisotopic (exact) mass is 671 g/mol. The maximum atomic E-state index is 13.8. The molecule has 4 aromatic rings. The molecule has 0 spiro atoms. The Labute approximate surface area is 278 Å². The van der Waals surface area contributed by atoms with Crippen LogP contribution in [-0.2, 0) is 24.8 Å². The molecule has 1 aliphatic rings. The summed E-state index contributed by atoms with van der Waals surface area (Å²) in [5, 5.41) is 6.73. The third-order valence-electron chi connectivity index (χ3n) is 8.36. The van der Waals surface area contributed by atoms with Gasteiger partial charge in [-0.15, -0.1) is 0 Å². The molecule has 2 N–H and O–H groups in total. The molecule has 0 saturated carbocycles. The van der Waals surface area contributed by atoms with E-state index in [4.69, 9.17) is 39.8 Å². The highest BCUT2D eigenvalue weighted by Crippen LogP contribution is 2.34. The van der Waals surface area contributed by atoms with Crippen molar-refractivity contribution in [1.29, 1.82) is 0 Å². The minimum atomic E-state index is -0.555. The lowest BCUT2D eigenvalue weighted by molar-refractivity contribution is -0.128. The molecule has 238 valence electrons. The fourth-order valence-corrected chi connectivity index (χ4v) is 6.20. The van der Waals surface area contributed by atoms with Gasteiger partial charge < -0.3 is 20.1 Å². The molecule has 0 atom stereocenters. The van der Waals surface area contributed by atoms with E-state index in [9.17, 15) is 14.0 Å². The first-order valence-corrected chi connectivity index (χ1v) is 16.1. The number of fused-ring (bicyclic) bond motifs is 1. The predicted octanol–water partition coefficient (Wildman–Crippen LogP) is 8.41. The first kappa shape index (κ1) is 33.0. The lowest BCUT2D eigenvalue weighted by Crippen LogP contribution is -2.34. The molecule has 1 fully saturated rings. The number of amides is 2. The van der Waals surface area contributed by atoms with Crippen molar-refractivity contribution in [3.8, 4) is 0 Å². The van der Waals surface area contributed by atoms with E-state index in [0.29, 0.717) is 50.5 Å². The Kier molecular flexibility index (Phi) is 9.68. The van der Waals surface area contributed by atoms with Gasteiger partial charge in [0.25, 0.3) is 5.91 Å². The van der Waals surface area contributed by atoms with E-state index in [0.717, 1.165) is 42.7 Å². The van der Waals surface area contributed by atoms with E-state index in [1.807, 2.05) is 44.5 Å². The van der Waals surface area contributed by atoms with Crippen molar-refractivity contribution >= 4 is 69.0 Å². The Hall–Kier alpha value is -3.33. The van der Waals surface area contributed by atoms with Crippen LogP contribution in [0.15, 0.2) is 42.5 Å². The number of rotatable bonds is 7. The Morgan fingerprint density at radius 1 is 1.02 bits per heavy atom. The summed E-state index contributed by atoms with van der Waals surface area (Å²) >= 11 is 19.5. The number of halogens is 4. The number of imidazole rings is 1. The molecule has 0 aliphatic carbocycles. The van der Waals surface area contributed by atoms with Crippen LogP contribution in [0.5, 0.6) is 0 Å². The topological polar surface area (TPSA) is 79.3 Å². The summed E-state index contributed by atoms with van der Waals surface area (Å²) in [6.45, 7) is 9.73. The van der Waals surface area contributed by atoms with Gasteiger partial charge in [0.05, 0.1) is 32.3 Å². The third-order valence-corrected chi connectivity index (χ3v) is 9.47. The van der Waals surface area contributed by atoms with Gasteiger partial charge in [0.1, 0.15) is 11.6 Å². The minimum absolute atomic E-state index is 0.0687. The maximum Gasteiger partial charge on any atom is 0.257 e. The fourth-order valence-electron chi connectivity index (χ4n) is 5.44. The SMILES string of the molecule is CC1CCN(c2cc3c(cc2C(=O)Nc2ccc(F)c(Cl)c2)nc(Cc2c(Cl)ccc(CNC(=O)C(C)(C)C)c2Cl)n3C)CC1. The number of carbonyl (C=O) groups is 2. The predicted molar refractivity (Wildman–Crippen MR) is 181 cm³/mol. The van der Waals surface area contributed by atoms with Gasteiger partial charge in [-0.3, -0.25) is 9.59 Å². The number of hydrogen-bond acceptors (Lipinski definition) is 4. The summed E-state index contributed by atoms with van der Waals surface area (Å²) in [5.41, 5.74) is 4.11. The molecular formula is C34H37Cl3FN5O2. The van der Waals surface area contributed by atoms with Gasteiger partial charge in [0.2, 0.25) is 5.91 Å². The molecule has 2 heterocycles. The van der Waals surface area contributed by atoms with E-state index in [1.165, 1.54) is 18.2 Å². The molecule has 0 unspecified atom stereocenters. The quantitative estimate of drug-likeness (QED) is 0.207. The van der Waals surface area contributed by atoms with E-state index in [2.05, 4.69) is 22.5 Å². The summed E-state index contributed by atoms with van der Waals surface area (Å²) in [7, 11) is 1.93. The highest BCUT2D eigenvalue weighted by atomic mass is 35.5. The smallest absolute Gasteiger partial charge is 0.257 e. The van der Waals surface area contributed by atoms with Gasteiger partial charge in [0.15, 0.2) is 0 Å². The van der Waals surface area contributed by atoms with Crippen molar-refractivity contribution in [3.63, 3.8) is 0 Å². The standard InChI is InChI=1S/C34H37Cl3FN5O2/c1-19-10-12-43(13-11-19)28-17-29-27(15-23(28)32(44)40-21-7-9-26(38)25(36)14-21)41-30(42(29)5)16-22-24(35)8-6-20(31(22)37)18-39-33(45)34(2,3)4/h6-9,14-15,17,19H,10-13,16,18H2,1-5H3,(H,39,45)(H,40,44). The molecule has 3 aromatic carbocycles. The lowest BCUT2D eigenvalue weighted by Gasteiger charge is -2.33.